The Morgan fingerprint density at radius 3 is 2.77 bits per heavy atom. The number of thioether (sulfide) groups is 2. The highest BCUT2D eigenvalue weighted by Gasteiger charge is 2.19. The van der Waals surface area contributed by atoms with Crippen molar-refractivity contribution >= 4 is 46.5 Å². The molecular formula is C16H19F2N3O2S3. The number of halogens is 2. The summed E-state index contributed by atoms with van der Waals surface area (Å²) in [6.45, 7) is 0.902. The number of para-hydroxylation sites is 2. The van der Waals surface area contributed by atoms with Gasteiger partial charge in [0, 0.05) is 5.75 Å². The van der Waals surface area contributed by atoms with Crippen LogP contribution in [-0.2, 0) is 4.79 Å². The van der Waals surface area contributed by atoms with Gasteiger partial charge in [-0.05, 0) is 25.5 Å². The number of nitrogens with one attached hydrogen (secondary N) is 1. The number of rotatable bonds is 10. The van der Waals surface area contributed by atoms with Crippen LogP contribution in [0.4, 0.5) is 14.5 Å². The van der Waals surface area contributed by atoms with E-state index >= 15 is 0 Å². The number of nitrogens with zero attached hydrogens (tertiary/aromatic N) is 2. The molecule has 5 nitrogen and oxygen atoms in total. The van der Waals surface area contributed by atoms with Crippen LogP contribution in [0, 0.1) is 0 Å². The Morgan fingerprint density at radius 2 is 2.04 bits per heavy atom. The fraction of sp³-hybridized carbons (Fsp3) is 0.438. The Hall–Kier alpha value is -1.39. The number of unbranched alkanes of at least 4 members (excludes halogenated alkanes) is 1. The van der Waals surface area contributed by atoms with E-state index in [-0.39, 0.29) is 17.3 Å². The molecule has 1 N–H and O–H groups in total. The summed E-state index contributed by atoms with van der Waals surface area (Å²) in [5.41, 5.74) is 0.207. The average molecular weight is 420 g/mol. The molecule has 0 saturated heterocycles. The van der Waals surface area contributed by atoms with E-state index in [0.29, 0.717) is 4.34 Å². The van der Waals surface area contributed by atoms with Gasteiger partial charge in [0.15, 0.2) is 8.68 Å². The highest BCUT2D eigenvalue weighted by molar-refractivity contribution is 8.03. The van der Waals surface area contributed by atoms with Crippen LogP contribution in [0.3, 0.4) is 0 Å². The molecule has 0 aliphatic heterocycles. The van der Waals surface area contributed by atoms with Gasteiger partial charge in [-0.15, -0.1) is 10.2 Å². The Labute approximate surface area is 163 Å². The van der Waals surface area contributed by atoms with Gasteiger partial charge < -0.3 is 10.1 Å². The van der Waals surface area contributed by atoms with Crippen molar-refractivity contribution in [2.45, 2.75) is 47.2 Å². The molecule has 1 atom stereocenters. The third-order valence-electron chi connectivity index (χ3n) is 3.12. The normalized spacial score (nSPS) is 12.2. The van der Waals surface area contributed by atoms with Crippen LogP contribution in [0.2, 0.25) is 0 Å². The Kier molecular flexibility index (Phi) is 8.60. The van der Waals surface area contributed by atoms with Crippen LogP contribution in [0.15, 0.2) is 32.9 Å². The van der Waals surface area contributed by atoms with E-state index in [1.54, 1.807) is 30.8 Å². The van der Waals surface area contributed by atoms with E-state index in [1.807, 2.05) is 0 Å². The van der Waals surface area contributed by atoms with E-state index in [0.717, 1.165) is 22.9 Å². The number of carbonyl (C=O) groups is 1. The molecule has 0 spiro atoms. The second-order valence-electron chi connectivity index (χ2n) is 5.16. The van der Waals surface area contributed by atoms with Crippen molar-refractivity contribution in [1.82, 2.24) is 10.2 Å². The lowest BCUT2D eigenvalue weighted by molar-refractivity contribution is -0.115. The summed E-state index contributed by atoms with van der Waals surface area (Å²) >= 11 is 4.38. The number of benzene rings is 1. The first-order valence-corrected chi connectivity index (χ1v) is 10.7. The van der Waals surface area contributed by atoms with Gasteiger partial charge in [-0.25, -0.2) is 0 Å². The number of amides is 1. The Morgan fingerprint density at radius 1 is 1.31 bits per heavy atom. The molecule has 0 bridgehead atoms. The molecule has 1 unspecified atom stereocenters. The fourth-order valence-corrected chi connectivity index (χ4v) is 5.13. The predicted molar refractivity (Wildman–Crippen MR) is 103 cm³/mol. The number of aromatic nitrogens is 2. The number of alkyl halides is 2. The summed E-state index contributed by atoms with van der Waals surface area (Å²) in [7, 11) is 0. The highest BCUT2D eigenvalue weighted by atomic mass is 32.2. The van der Waals surface area contributed by atoms with Crippen molar-refractivity contribution in [1.29, 1.82) is 0 Å². The van der Waals surface area contributed by atoms with Gasteiger partial charge >= 0.3 is 6.61 Å². The molecule has 26 heavy (non-hydrogen) atoms. The molecule has 10 heteroatoms. The number of ether oxygens (including phenoxy) is 1. The SMILES string of the molecule is CCCCSc1nnc(SC(C)C(=O)Nc2ccccc2OC(F)F)s1. The largest absolute Gasteiger partial charge is 0.433 e. The molecule has 1 amide bonds. The molecule has 2 rings (SSSR count). The van der Waals surface area contributed by atoms with Crippen molar-refractivity contribution in [2.24, 2.45) is 0 Å². The smallest absolute Gasteiger partial charge is 0.387 e. The second kappa shape index (κ2) is 10.7. The first-order valence-electron chi connectivity index (χ1n) is 7.97. The molecule has 1 heterocycles. The summed E-state index contributed by atoms with van der Waals surface area (Å²) in [5.74, 6) is 0.599. The molecule has 0 fully saturated rings. The van der Waals surface area contributed by atoms with Gasteiger partial charge in [-0.3, -0.25) is 4.79 Å². The average Bonchev–Trinajstić information content (AvgIpc) is 3.03. The van der Waals surface area contributed by atoms with Crippen molar-refractivity contribution in [3.05, 3.63) is 24.3 Å². The van der Waals surface area contributed by atoms with Crippen LogP contribution < -0.4 is 10.1 Å². The molecule has 0 saturated carbocycles. The molecule has 0 aliphatic rings. The lowest BCUT2D eigenvalue weighted by Gasteiger charge is -2.14. The second-order valence-corrected chi connectivity index (χ2v) is 9.07. The van der Waals surface area contributed by atoms with Crippen LogP contribution in [0.1, 0.15) is 26.7 Å². The van der Waals surface area contributed by atoms with Crippen LogP contribution in [0.25, 0.3) is 0 Å². The number of anilines is 1. The standard InChI is InChI=1S/C16H19F2N3O2S3/c1-3-4-9-24-15-20-21-16(26-15)25-10(2)13(22)19-11-7-5-6-8-12(11)23-14(17)18/h5-8,10,14H,3-4,9H2,1-2H3,(H,19,22). The van der Waals surface area contributed by atoms with Crippen LogP contribution in [0.5, 0.6) is 5.75 Å². The first-order chi connectivity index (χ1) is 12.5. The van der Waals surface area contributed by atoms with Crippen molar-refractivity contribution in [3.8, 4) is 5.75 Å². The zero-order chi connectivity index (χ0) is 18.9. The number of hydrogen-bond donors (Lipinski definition) is 1. The minimum Gasteiger partial charge on any atom is -0.433 e. The minimum absolute atomic E-state index is 0.0708. The van der Waals surface area contributed by atoms with E-state index < -0.39 is 11.9 Å². The summed E-state index contributed by atoms with van der Waals surface area (Å²) in [6, 6.07) is 6.09. The molecule has 1 aromatic heterocycles. The maximum Gasteiger partial charge on any atom is 0.387 e. The topological polar surface area (TPSA) is 64.1 Å². The fourth-order valence-electron chi connectivity index (χ4n) is 1.81. The van der Waals surface area contributed by atoms with Gasteiger partial charge in [0.05, 0.1) is 10.9 Å². The third-order valence-corrected chi connectivity index (χ3v) is 6.45. The van der Waals surface area contributed by atoms with Gasteiger partial charge in [-0.2, -0.15) is 8.78 Å². The quantitative estimate of drug-likeness (QED) is 0.424. The molecular weight excluding hydrogens is 400 g/mol. The van der Waals surface area contributed by atoms with Crippen LogP contribution >= 0.6 is 34.9 Å². The molecule has 142 valence electrons. The van der Waals surface area contributed by atoms with Gasteiger partial charge in [-0.1, -0.05) is 60.3 Å². The minimum atomic E-state index is -2.95. The summed E-state index contributed by atoms with van der Waals surface area (Å²) in [5, 5.41) is 10.4. The zero-order valence-corrected chi connectivity index (χ0v) is 16.7. The zero-order valence-electron chi connectivity index (χ0n) is 14.3. The Balaban J connectivity index is 1.92. The predicted octanol–water partition coefficient (Wildman–Crippen LogP) is 5.15. The van der Waals surface area contributed by atoms with Gasteiger partial charge in [0.25, 0.3) is 0 Å². The molecule has 0 radical (unpaired) electrons. The van der Waals surface area contributed by atoms with E-state index in [4.69, 9.17) is 0 Å². The Bertz CT molecular complexity index is 716. The van der Waals surface area contributed by atoms with Crippen LogP contribution in [-0.4, -0.2) is 33.7 Å². The van der Waals surface area contributed by atoms with E-state index in [1.165, 1.54) is 35.2 Å². The van der Waals surface area contributed by atoms with Gasteiger partial charge in [0.2, 0.25) is 5.91 Å². The van der Waals surface area contributed by atoms with Crippen molar-refractivity contribution in [3.63, 3.8) is 0 Å². The van der Waals surface area contributed by atoms with Gasteiger partial charge in [0.1, 0.15) is 5.75 Å². The molecule has 0 aliphatic carbocycles. The lowest BCUT2D eigenvalue weighted by Crippen LogP contribution is -2.23. The van der Waals surface area contributed by atoms with Crippen molar-refractivity contribution < 1.29 is 18.3 Å². The van der Waals surface area contributed by atoms with E-state index in [2.05, 4.69) is 27.2 Å². The third kappa shape index (κ3) is 6.73. The molecule has 1 aromatic carbocycles. The summed E-state index contributed by atoms with van der Waals surface area (Å²) in [4.78, 5) is 12.3. The number of carbonyl (C=O) groups excluding carboxylic acids is 1. The summed E-state index contributed by atoms with van der Waals surface area (Å²) < 4.78 is 30.9. The lowest BCUT2D eigenvalue weighted by atomic mass is 10.3. The maximum absolute atomic E-state index is 12.4. The maximum atomic E-state index is 12.4. The van der Waals surface area contributed by atoms with Crippen molar-refractivity contribution in [2.75, 3.05) is 11.1 Å². The monoisotopic (exact) mass is 419 g/mol. The first kappa shape index (κ1) is 20.9. The van der Waals surface area contributed by atoms with E-state index in [9.17, 15) is 13.6 Å². The number of hydrogen-bond acceptors (Lipinski definition) is 7. The summed E-state index contributed by atoms with van der Waals surface area (Å²) in [6.07, 6.45) is 2.24. The molecule has 2 aromatic rings. The highest BCUT2D eigenvalue weighted by Crippen LogP contribution is 2.32.